The van der Waals surface area contributed by atoms with Gasteiger partial charge in [0, 0.05) is 25.7 Å². The van der Waals surface area contributed by atoms with Gasteiger partial charge in [0.15, 0.2) is 0 Å². The molecule has 49 heavy (non-hydrogen) atoms. The third kappa shape index (κ3) is 11.4. The Morgan fingerprint density at radius 2 is 1.67 bits per heavy atom. The van der Waals surface area contributed by atoms with Crippen LogP contribution in [0.3, 0.4) is 0 Å². The predicted molar refractivity (Wildman–Crippen MR) is 182 cm³/mol. The van der Waals surface area contributed by atoms with E-state index in [-0.39, 0.29) is 43.5 Å². The summed E-state index contributed by atoms with van der Waals surface area (Å²) in [5.41, 5.74) is 0.797. The molecule has 1 aromatic rings. The monoisotopic (exact) mass is 705 g/mol. The minimum Gasteiger partial charge on any atom is -0.445 e. The van der Waals surface area contributed by atoms with Gasteiger partial charge in [0.2, 0.25) is 31.0 Å². The third-order valence-electron chi connectivity index (χ3n) is 8.49. The number of amides is 6. The van der Waals surface area contributed by atoms with E-state index in [1.807, 2.05) is 58.0 Å². The highest BCUT2D eigenvalue weighted by Gasteiger charge is 2.46. The number of hydrogen-bond acceptors (Lipinski definition) is 9. The Morgan fingerprint density at radius 3 is 2.29 bits per heavy atom. The van der Waals surface area contributed by atoms with Crippen LogP contribution in [0.15, 0.2) is 30.3 Å². The normalized spacial score (nSPS) is 20.2. The quantitative estimate of drug-likeness (QED) is 0.162. The van der Waals surface area contributed by atoms with Crippen molar-refractivity contribution >= 4 is 43.0 Å². The fourth-order valence-electron chi connectivity index (χ4n) is 6.21. The number of likely N-dealkylation sites (tertiary alicyclic amines) is 2. The number of benzene rings is 1. The molecule has 0 aromatic heterocycles. The second kappa shape index (κ2) is 18.3. The van der Waals surface area contributed by atoms with Crippen LogP contribution in [0.25, 0.3) is 0 Å². The Balaban J connectivity index is 1.68. The number of nitrogens with zero attached hydrogens (tertiary/aromatic N) is 2. The average molecular weight is 706 g/mol. The van der Waals surface area contributed by atoms with Crippen molar-refractivity contribution in [1.82, 2.24) is 25.8 Å². The summed E-state index contributed by atoms with van der Waals surface area (Å²) in [6.45, 7) is 9.67. The van der Waals surface area contributed by atoms with E-state index in [9.17, 15) is 33.3 Å². The van der Waals surface area contributed by atoms with Gasteiger partial charge >= 0.3 is 6.09 Å². The summed E-state index contributed by atoms with van der Waals surface area (Å²) in [6, 6.07) is 6.26. The van der Waals surface area contributed by atoms with E-state index < -0.39 is 67.4 Å². The molecule has 0 bridgehead atoms. The van der Waals surface area contributed by atoms with Crippen molar-refractivity contribution in [2.24, 2.45) is 17.8 Å². The standard InChI is InChI=1S/C34H52N5O9P/c1-7-48-49(46,20-25(16-22(2)3)30(41)36-26(17-23(4)5)31(42)35-6)21-39-29(40)18-27(33(39)44)37-32(43)28-14-11-15-38(28)34(45)47-19-24-12-9-8-10-13-24/h8-10,12-13,22-23,25-28H,7,11,14-21H2,1-6H3,(H,35,42)(H,36,41)(H,37,43)/t25?,26-,27-,28-,49?/m0/s1. The van der Waals surface area contributed by atoms with Crippen LogP contribution in [0.5, 0.6) is 0 Å². The molecule has 0 aliphatic carbocycles. The first-order valence-electron chi connectivity index (χ1n) is 17.0. The second-order valence-electron chi connectivity index (χ2n) is 13.5. The van der Waals surface area contributed by atoms with Crippen molar-refractivity contribution in [3.8, 4) is 0 Å². The molecular formula is C34H52N5O9P. The Kier molecular flexibility index (Phi) is 14.8. The zero-order chi connectivity index (χ0) is 36.3. The molecule has 0 saturated carbocycles. The molecule has 2 saturated heterocycles. The fourth-order valence-corrected chi connectivity index (χ4v) is 8.70. The maximum absolute atomic E-state index is 14.3. The Morgan fingerprint density at radius 1 is 1.00 bits per heavy atom. The van der Waals surface area contributed by atoms with Gasteiger partial charge in [-0.25, -0.2) is 4.79 Å². The van der Waals surface area contributed by atoms with Crippen LogP contribution < -0.4 is 16.0 Å². The molecule has 0 radical (unpaired) electrons. The van der Waals surface area contributed by atoms with Gasteiger partial charge in [-0.15, -0.1) is 0 Å². The smallest absolute Gasteiger partial charge is 0.410 e. The number of ether oxygens (including phenoxy) is 1. The molecule has 2 aliphatic heterocycles. The Labute approximate surface area is 288 Å². The van der Waals surface area contributed by atoms with E-state index in [0.717, 1.165) is 10.5 Å². The van der Waals surface area contributed by atoms with E-state index in [1.165, 1.54) is 11.9 Å². The molecular weight excluding hydrogens is 653 g/mol. The summed E-state index contributed by atoms with van der Waals surface area (Å²) in [4.78, 5) is 80.8. The molecule has 15 heteroatoms. The summed E-state index contributed by atoms with van der Waals surface area (Å²) in [5.74, 6) is -3.45. The first-order valence-corrected chi connectivity index (χ1v) is 19.0. The molecule has 6 amide bonds. The van der Waals surface area contributed by atoms with Crippen molar-refractivity contribution in [1.29, 1.82) is 0 Å². The zero-order valence-electron chi connectivity index (χ0n) is 29.4. The average Bonchev–Trinajstić information content (AvgIpc) is 3.64. The lowest BCUT2D eigenvalue weighted by Crippen LogP contribution is -2.51. The van der Waals surface area contributed by atoms with Crippen molar-refractivity contribution in [2.45, 2.75) is 91.5 Å². The van der Waals surface area contributed by atoms with Crippen LogP contribution in [0.2, 0.25) is 0 Å². The van der Waals surface area contributed by atoms with Crippen LogP contribution in [-0.4, -0.2) is 96.2 Å². The van der Waals surface area contributed by atoms with Gasteiger partial charge in [-0.3, -0.25) is 38.3 Å². The summed E-state index contributed by atoms with van der Waals surface area (Å²) >= 11 is 0. The number of rotatable bonds is 17. The lowest BCUT2D eigenvalue weighted by Gasteiger charge is -2.29. The number of likely N-dealkylation sites (N-methyl/N-ethyl adjacent to an activating group) is 1. The maximum Gasteiger partial charge on any atom is 0.410 e. The molecule has 2 heterocycles. The van der Waals surface area contributed by atoms with E-state index in [2.05, 4.69) is 16.0 Å². The molecule has 3 N–H and O–H groups in total. The molecule has 3 rings (SSSR count). The first kappa shape index (κ1) is 39.7. The highest BCUT2D eigenvalue weighted by molar-refractivity contribution is 7.59. The van der Waals surface area contributed by atoms with Gasteiger partial charge < -0.3 is 25.2 Å². The Hall–Kier alpha value is -3.77. The highest BCUT2D eigenvalue weighted by Crippen LogP contribution is 2.50. The van der Waals surface area contributed by atoms with Gasteiger partial charge in [0.25, 0.3) is 5.91 Å². The predicted octanol–water partition coefficient (Wildman–Crippen LogP) is 3.24. The topological polar surface area (TPSA) is 181 Å². The second-order valence-corrected chi connectivity index (χ2v) is 16.0. The summed E-state index contributed by atoms with van der Waals surface area (Å²) in [5, 5.41) is 7.98. The number of carbonyl (C=O) groups excluding carboxylic acids is 6. The highest BCUT2D eigenvalue weighted by atomic mass is 31.2. The van der Waals surface area contributed by atoms with E-state index in [1.54, 1.807) is 6.92 Å². The molecule has 5 atom stereocenters. The van der Waals surface area contributed by atoms with Crippen LogP contribution >= 0.6 is 7.37 Å². The molecule has 2 fully saturated rings. The number of nitrogens with one attached hydrogen (secondary N) is 3. The Bertz CT molecular complexity index is 1390. The minimum atomic E-state index is -3.81. The lowest BCUT2D eigenvalue weighted by atomic mass is 9.96. The van der Waals surface area contributed by atoms with E-state index >= 15 is 0 Å². The van der Waals surface area contributed by atoms with Crippen LogP contribution in [0, 0.1) is 17.8 Å². The van der Waals surface area contributed by atoms with Gasteiger partial charge in [-0.2, -0.15) is 0 Å². The lowest BCUT2D eigenvalue weighted by molar-refractivity contribution is -0.139. The number of carbonyl (C=O) groups is 6. The van der Waals surface area contributed by atoms with Crippen LogP contribution in [-0.2, 0) is 44.4 Å². The molecule has 1 aromatic carbocycles. The first-order chi connectivity index (χ1) is 23.2. The van der Waals surface area contributed by atoms with Gasteiger partial charge in [-0.05, 0) is 50.0 Å². The zero-order valence-corrected chi connectivity index (χ0v) is 30.3. The summed E-state index contributed by atoms with van der Waals surface area (Å²) < 4.78 is 25.4. The van der Waals surface area contributed by atoms with Crippen molar-refractivity contribution < 1.29 is 42.6 Å². The molecule has 2 unspecified atom stereocenters. The molecule has 2 aliphatic rings. The van der Waals surface area contributed by atoms with Gasteiger partial charge in [0.1, 0.15) is 31.0 Å². The molecule has 0 spiro atoms. The number of imide groups is 1. The minimum absolute atomic E-state index is 0.00970. The van der Waals surface area contributed by atoms with Crippen molar-refractivity contribution in [3.05, 3.63) is 35.9 Å². The summed E-state index contributed by atoms with van der Waals surface area (Å²) in [6.07, 6.45) is -0.144. The van der Waals surface area contributed by atoms with Crippen LogP contribution in [0.1, 0.15) is 72.3 Å². The fraction of sp³-hybridized carbons (Fsp3) is 0.647. The SMILES string of the molecule is CCOP(=O)(CC(CC(C)C)C(=O)N[C@@H](CC(C)C)C(=O)NC)CN1C(=O)C[C@H](NC(=O)[C@@H]2CCCN2C(=O)OCc2ccccc2)C1=O. The molecule has 272 valence electrons. The summed E-state index contributed by atoms with van der Waals surface area (Å²) in [7, 11) is -2.32. The third-order valence-corrected chi connectivity index (χ3v) is 10.9. The van der Waals surface area contributed by atoms with E-state index in [4.69, 9.17) is 9.26 Å². The number of hydrogen-bond donors (Lipinski definition) is 3. The van der Waals surface area contributed by atoms with E-state index in [0.29, 0.717) is 32.2 Å². The van der Waals surface area contributed by atoms with Crippen molar-refractivity contribution in [2.75, 3.05) is 32.6 Å². The van der Waals surface area contributed by atoms with Gasteiger partial charge in [0.05, 0.1) is 13.0 Å². The van der Waals surface area contributed by atoms with Crippen LogP contribution in [0.4, 0.5) is 4.79 Å². The van der Waals surface area contributed by atoms with Gasteiger partial charge in [-0.1, -0.05) is 58.0 Å². The maximum atomic E-state index is 14.3. The van der Waals surface area contributed by atoms with Crippen molar-refractivity contribution in [3.63, 3.8) is 0 Å². The molecule has 14 nitrogen and oxygen atoms in total. The largest absolute Gasteiger partial charge is 0.445 e.